The van der Waals surface area contributed by atoms with Crippen molar-refractivity contribution in [3.05, 3.63) is 63.7 Å². The zero-order valence-corrected chi connectivity index (χ0v) is 16.9. The molecule has 29 heavy (non-hydrogen) atoms. The maximum atomic E-state index is 12.7. The number of rotatable bonds is 6. The van der Waals surface area contributed by atoms with E-state index in [1.54, 1.807) is 30.0 Å². The number of thioether (sulfide) groups is 1. The largest absolute Gasteiger partial charge is 0.360 e. The number of hydrogen-bond donors (Lipinski definition) is 1. The molecule has 0 spiro atoms. The number of carbonyl (C=O) groups excluding carboxylic acids is 1. The summed E-state index contributed by atoms with van der Waals surface area (Å²) in [7, 11) is 0. The minimum atomic E-state index is -0.287. The fraction of sp³-hybridized carbons (Fsp3) is 0.350. The third-order valence-corrected chi connectivity index (χ3v) is 5.77. The van der Waals surface area contributed by atoms with E-state index in [1.807, 2.05) is 12.1 Å². The van der Waals surface area contributed by atoms with Crippen LogP contribution < -0.4 is 11.0 Å². The Balaban J connectivity index is 1.54. The number of nitrogens with one attached hydrogen (secondary N) is 1. The summed E-state index contributed by atoms with van der Waals surface area (Å²) in [4.78, 5) is 33.4. The molecule has 0 fully saturated rings. The van der Waals surface area contributed by atoms with E-state index >= 15 is 0 Å². The van der Waals surface area contributed by atoms with Crippen molar-refractivity contribution in [2.75, 3.05) is 11.1 Å². The Bertz CT molecular complexity index is 1080. The number of amides is 1. The number of nitrogens with zero attached hydrogens (tertiary/aromatic N) is 4. The van der Waals surface area contributed by atoms with Gasteiger partial charge < -0.3 is 9.84 Å². The van der Waals surface area contributed by atoms with Gasteiger partial charge >= 0.3 is 5.69 Å². The molecule has 0 aliphatic heterocycles. The van der Waals surface area contributed by atoms with E-state index in [0.717, 1.165) is 42.5 Å². The highest BCUT2D eigenvalue weighted by Gasteiger charge is 2.21. The molecule has 8 nitrogen and oxygen atoms in total. The van der Waals surface area contributed by atoms with Crippen molar-refractivity contribution in [3.63, 3.8) is 0 Å². The Morgan fingerprint density at radius 1 is 1.34 bits per heavy atom. The lowest BCUT2D eigenvalue weighted by Gasteiger charge is -2.22. The van der Waals surface area contributed by atoms with E-state index in [1.165, 1.54) is 11.8 Å². The summed E-state index contributed by atoms with van der Waals surface area (Å²) in [6.07, 6.45) is 7.27. The second-order valence-corrected chi connectivity index (χ2v) is 7.90. The second-order valence-electron chi connectivity index (χ2n) is 6.94. The van der Waals surface area contributed by atoms with Gasteiger partial charge in [-0.15, -0.1) is 0 Å². The van der Waals surface area contributed by atoms with Crippen LogP contribution in [0.25, 0.3) is 0 Å². The molecule has 1 aliphatic rings. The third kappa shape index (κ3) is 4.56. The lowest BCUT2D eigenvalue weighted by atomic mass is 9.97. The smallest absolute Gasteiger partial charge is 0.349 e. The van der Waals surface area contributed by atoms with Gasteiger partial charge in [0.1, 0.15) is 10.8 Å². The number of carbonyl (C=O) groups is 1. The zero-order chi connectivity index (χ0) is 20.2. The normalized spacial score (nSPS) is 13.1. The molecule has 0 radical (unpaired) electrons. The molecule has 0 aromatic carbocycles. The molecule has 0 atom stereocenters. The first kappa shape index (κ1) is 19.4. The lowest BCUT2D eigenvalue weighted by molar-refractivity contribution is -0.113. The molecule has 0 unspecified atom stereocenters. The maximum Gasteiger partial charge on any atom is 0.349 e. The number of anilines is 1. The number of aryl methyl sites for hydroxylation is 1. The van der Waals surface area contributed by atoms with E-state index < -0.39 is 0 Å². The van der Waals surface area contributed by atoms with Crippen molar-refractivity contribution in [2.24, 2.45) is 0 Å². The molecule has 3 aromatic rings. The van der Waals surface area contributed by atoms with E-state index in [9.17, 15) is 9.59 Å². The van der Waals surface area contributed by atoms with Crippen molar-refractivity contribution < 1.29 is 9.32 Å². The van der Waals surface area contributed by atoms with Gasteiger partial charge in [-0.25, -0.2) is 4.79 Å². The van der Waals surface area contributed by atoms with Gasteiger partial charge in [0.15, 0.2) is 5.82 Å². The first-order chi connectivity index (χ1) is 14.1. The zero-order valence-electron chi connectivity index (χ0n) is 16.1. The summed E-state index contributed by atoms with van der Waals surface area (Å²) in [6, 6.07) is 5.47. The summed E-state index contributed by atoms with van der Waals surface area (Å²) in [5, 5.41) is 7.10. The number of fused-ring (bicyclic) bond motifs is 1. The fourth-order valence-corrected chi connectivity index (χ4v) is 4.32. The van der Waals surface area contributed by atoms with Gasteiger partial charge in [0.25, 0.3) is 0 Å². The summed E-state index contributed by atoms with van der Waals surface area (Å²) in [5.74, 6) is 0.947. The standard InChI is InChI=1S/C20H21N5O3S/c1-13-9-17(24-28-13)22-18(26)12-29-19-15-6-2-3-7-16(15)25(20(27)23-19)11-14-5-4-8-21-10-14/h4-5,8-10H,2-3,6-7,11-12H2,1H3,(H,22,24,26). The molecule has 1 aliphatic carbocycles. The average Bonchev–Trinajstić information content (AvgIpc) is 3.14. The van der Waals surface area contributed by atoms with Gasteiger partial charge in [-0.3, -0.25) is 14.3 Å². The Kier molecular flexibility index (Phi) is 5.75. The summed E-state index contributed by atoms with van der Waals surface area (Å²) in [5.41, 5.74) is 2.78. The molecule has 9 heteroatoms. The molecule has 4 rings (SSSR count). The van der Waals surface area contributed by atoms with Crippen LogP contribution in [0.3, 0.4) is 0 Å². The molecule has 150 valence electrons. The molecule has 1 amide bonds. The summed E-state index contributed by atoms with van der Waals surface area (Å²) in [6.45, 7) is 2.22. The minimum Gasteiger partial charge on any atom is -0.360 e. The van der Waals surface area contributed by atoms with Crippen molar-refractivity contribution in [2.45, 2.75) is 44.2 Å². The predicted molar refractivity (Wildman–Crippen MR) is 109 cm³/mol. The minimum absolute atomic E-state index is 0.150. The van der Waals surface area contributed by atoms with Crippen molar-refractivity contribution >= 4 is 23.5 Å². The lowest BCUT2D eigenvalue weighted by Crippen LogP contribution is -2.30. The van der Waals surface area contributed by atoms with Crippen LogP contribution >= 0.6 is 11.8 Å². The highest BCUT2D eigenvalue weighted by atomic mass is 32.2. The second kappa shape index (κ2) is 8.60. The van der Waals surface area contributed by atoms with Gasteiger partial charge in [0.05, 0.1) is 12.3 Å². The molecular formula is C20H21N5O3S. The first-order valence-corrected chi connectivity index (χ1v) is 10.5. The summed E-state index contributed by atoms with van der Waals surface area (Å²) >= 11 is 1.29. The highest BCUT2D eigenvalue weighted by Crippen LogP contribution is 2.28. The molecular weight excluding hydrogens is 390 g/mol. The van der Waals surface area contributed by atoms with Gasteiger partial charge in [-0.2, -0.15) is 4.98 Å². The van der Waals surface area contributed by atoms with Crippen LogP contribution in [0.5, 0.6) is 0 Å². The van der Waals surface area contributed by atoms with E-state index in [2.05, 4.69) is 20.4 Å². The monoisotopic (exact) mass is 411 g/mol. The van der Waals surface area contributed by atoms with Crippen LogP contribution in [0.1, 0.15) is 35.4 Å². The van der Waals surface area contributed by atoms with Crippen LogP contribution in [0.15, 0.2) is 44.9 Å². The van der Waals surface area contributed by atoms with Crippen LogP contribution in [0.4, 0.5) is 5.82 Å². The van der Waals surface area contributed by atoms with Crippen molar-refractivity contribution in [3.8, 4) is 0 Å². The third-order valence-electron chi connectivity index (χ3n) is 4.75. The molecule has 0 saturated carbocycles. The summed E-state index contributed by atoms with van der Waals surface area (Å²) < 4.78 is 6.69. The molecule has 1 N–H and O–H groups in total. The molecule has 3 heterocycles. The average molecular weight is 411 g/mol. The fourth-order valence-electron chi connectivity index (χ4n) is 3.44. The topological polar surface area (TPSA) is 103 Å². The van der Waals surface area contributed by atoms with E-state index in [4.69, 9.17) is 4.52 Å². The predicted octanol–water partition coefficient (Wildman–Crippen LogP) is 2.59. The number of aromatic nitrogens is 4. The first-order valence-electron chi connectivity index (χ1n) is 9.47. The SMILES string of the molecule is Cc1cc(NC(=O)CSc2nc(=O)n(Cc3cccnc3)c3c2CCCC3)no1. The molecule has 0 bridgehead atoms. The van der Waals surface area contributed by atoms with Crippen LogP contribution in [-0.4, -0.2) is 31.4 Å². The maximum absolute atomic E-state index is 12.7. The van der Waals surface area contributed by atoms with Crippen molar-refractivity contribution in [1.82, 2.24) is 19.7 Å². The Morgan fingerprint density at radius 3 is 2.97 bits per heavy atom. The van der Waals surface area contributed by atoms with Crippen LogP contribution in [-0.2, 0) is 24.2 Å². The Hall–Kier alpha value is -2.94. The van der Waals surface area contributed by atoms with Gasteiger partial charge in [0, 0.05) is 29.7 Å². The van der Waals surface area contributed by atoms with Gasteiger partial charge in [-0.1, -0.05) is 23.0 Å². The van der Waals surface area contributed by atoms with E-state index in [-0.39, 0.29) is 17.3 Å². The Labute approximate surface area is 171 Å². The van der Waals surface area contributed by atoms with Crippen LogP contribution in [0.2, 0.25) is 0 Å². The van der Waals surface area contributed by atoms with Gasteiger partial charge in [0.2, 0.25) is 5.91 Å². The van der Waals surface area contributed by atoms with E-state index in [0.29, 0.717) is 23.1 Å². The number of pyridine rings is 1. The molecule has 0 saturated heterocycles. The number of hydrogen-bond acceptors (Lipinski definition) is 7. The highest BCUT2D eigenvalue weighted by molar-refractivity contribution is 8.00. The molecule has 3 aromatic heterocycles. The quantitative estimate of drug-likeness (QED) is 0.491. The van der Waals surface area contributed by atoms with Gasteiger partial charge in [-0.05, 0) is 44.2 Å². The van der Waals surface area contributed by atoms with Crippen molar-refractivity contribution in [1.29, 1.82) is 0 Å². The van der Waals surface area contributed by atoms with Crippen LogP contribution in [0, 0.1) is 6.92 Å². The Morgan fingerprint density at radius 2 is 2.21 bits per heavy atom.